The molecule has 7 heteroatoms. The number of nitrogen functional groups attached to an aromatic ring is 1. The molecule has 7 nitrogen and oxygen atoms in total. The first kappa shape index (κ1) is 14.0. The Hall–Kier alpha value is -2.41. The standard InChI is InChI=1S/C13H17N5O2/c1-15-13(20)12-10(14)3-4-11(17-12)9-7-16-18(8-9)5-2-6-19/h3-4,7-8,19H,2,5-6,14H2,1H3,(H,15,20). The number of anilines is 1. The van der Waals surface area contributed by atoms with Crippen molar-refractivity contribution < 1.29 is 9.90 Å². The minimum Gasteiger partial charge on any atom is -0.397 e. The zero-order valence-corrected chi connectivity index (χ0v) is 11.2. The Morgan fingerprint density at radius 1 is 1.50 bits per heavy atom. The molecule has 2 rings (SSSR count). The summed E-state index contributed by atoms with van der Waals surface area (Å²) in [6.45, 7) is 0.754. The van der Waals surface area contributed by atoms with E-state index in [1.165, 1.54) is 7.05 Å². The number of carbonyl (C=O) groups excluding carboxylic acids is 1. The fraction of sp³-hybridized carbons (Fsp3) is 0.308. The summed E-state index contributed by atoms with van der Waals surface area (Å²) in [6, 6.07) is 3.40. The van der Waals surface area contributed by atoms with E-state index in [1.807, 2.05) is 6.20 Å². The van der Waals surface area contributed by atoms with E-state index in [-0.39, 0.29) is 18.2 Å². The van der Waals surface area contributed by atoms with Gasteiger partial charge in [-0.2, -0.15) is 5.10 Å². The molecule has 0 saturated carbocycles. The maximum absolute atomic E-state index is 11.7. The molecule has 2 aromatic heterocycles. The molecule has 2 aromatic rings. The number of aliphatic hydroxyl groups excluding tert-OH is 1. The number of rotatable bonds is 5. The van der Waals surface area contributed by atoms with E-state index in [0.717, 1.165) is 5.56 Å². The summed E-state index contributed by atoms with van der Waals surface area (Å²) >= 11 is 0. The highest BCUT2D eigenvalue weighted by Crippen LogP contribution is 2.19. The summed E-state index contributed by atoms with van der Waals surface area (Å²) in [6.07, 6.45) is 4.13. The van der Waals surface area contributed by atoms with E-state index < -0.39 is 0 Å². The summed E-state index contributed by atoms with van der Waals surface area (Å²) in [7, 11) is 1.53. The van der Waals surface area contributed by atoms with E-state index >= 15 is 0 Å². The van der Waals surface area contributed by atoms with Gasteiger partial charge in [-0.3, -0.25) is 9.48 Å². The molecule has 2 heterocycles. The Kier molecular flexibility index (Phi) is 4.31. The third kappa shape index (κ3) is 2.94. The molecule has 4 N–H and O–H groups in total. The van der Waals surface area contributed by atoms with Crippen LogP contribution in [-0.2, 0) is 6.54 Å². The lowest BCUT2D eigenvalue weighted by Gasteiger charge is -2.05. The first-order chi connectivity index (χ1) is 9.65. The van der Waals surface area contributed by atoms with Crippen LogP contribution < -0.4 is 11.1 Å². The highest BCUT2D eigenvalue weighted by molar-refractivity contribution is 5.97. The van der Waals surface area contributed by atoms with Crippen molar-refractivity contribution in [2.75, 3.05) is 19.4 Å². The van der Waals surface area contributed by atoms with Crippen molar-refractivity contribution in [2.45, 2.75) is 13.0 Å². The summed E-state index contributed by atoms with van der Waals surface area (Å²) < 4.78 is 1.73. The average Bonchev–Trinajstić information content (AvgIpc) is 2.93. The number of nitrogens with one attached hydrogen (secondary N) is 1. The van der Waals surface area contributed by atoms with Gasteiger partial charge in [0, 0.05) is 32.0 Å². The van der Waals surface area contributed by atoms with Gasteiger partial charge in [-0.15, -0.1) is 0 Å². The smallest absolute Gasteiger partial charge is 0.271 e. The third-order valence-electron chi connectivity index (χ3n) is 2.84. The van der Waals surface area contributed by atoms with E-state index in [4.69, 9.17) is 10.8 Å². The molecule has 0 bridgehead atoms. The molecule has 106 valence electrons. The summed E-state index contributed by atoms with van der Waals surface area (Å²) in [5.74, 6) is -0.322. The topological polar surface area (TPSA) is 106 Å². The number of amides is 1. The number of hydrogen-bond acceptors (Lipinski definition) is 5. The van der Waals surface area contributed by atoms with Gasteiger partial charge in [-0.05, 0) is 18.6 Å². The zero-order valence-electron chi connectivity index (χ0n) is 11.2. The number of nitrogens with two attached hydrogens (primary N) is 1. The Balaban J connectivity index is 2.28. The van der Waals surface area contributed by atoms with Crippen LogP contribution in [0.3, 0.4) is 0 Å². The first-order valence-corrected chi connectivity index (χ1v) is 6.28. The van der Waals surface area contributed by atoms with Crippen LogP contribution in [0.1, 0.15) is 16.9 Å². The molecule has 0 aromatic carbocycles. The minimum absolute atomic E-state index is 0.121. The number of aromatic nitrogens is 3. The van der Waals surface area contributed by atoms with E-state index in [1.54, 1.807) is 23.0 Å². The monoisotopic (exact) mass is 275 g/mol. The maximum atomic E-state index is 11.7. The summed E-state index contributed by atoms with van der Waals surface area (Å²) in [4.78, 5) is 15.9. The second-order valence-corrected chi connectivity index (χ2v) is 4.28. The Bertz CT molecular complexity index is 609. The van der Waals surface area contributed by atoms with Gasteiger partial charge in [0.05, 0.1) is 17.6 Å². The van der Waals surface area contributed by atoms with Crippen LogP contribution in [0.2, 0.25) is 0 Å². The minimum atomic E-state index is -0.322. The number of aliphatic hydroxyl groups is 1. The van der Waals surface area contributed by atoms with E-state index in [2.05, 4.69) is 15.4 Å². The van der Waals surface area contributed by atoms with Crippen LogP contribution in [0.5, 0.6) is 0 Å². The lowest BCUT2D eigenvalue weighted by atomic mass is 10.2. The van der Waals surface area contributed by atoms with Gasteiger partial charge >= 0.3 is 0 Å². The molecular weight excluding hydrogens is 258 g/mol. The molecule has 0 aliphatic carbocycles. The van der Waals surface area contributed by atoms with Crippen LogP contribution >= 0.6 is 0 Å². The molecule has 0 fully saturated rings. The van der Waals surface area contributed by atoms with Crippen LogP contribution in [0, 0.1) is 0 Å². The van der Waals surface area contributed by atoms with Crippen molar-refractivity contribution in [3.05, 3.63) is 30.2 Å². The van der Waals surface area contributed by atoms with Crippen LogP contribution in [0.25, 0.3) is 11.3 Å². The van der Waals surface area contributed by atoms with Gasteiger partial charge in [0.25, 0.3) is 5.91 Å². The highest BCUT2D eigenvalue weighted by Gasteiger charge is 2.12. The van der Waals surface area contributed by atoms with Gasteiger partial charge in [-0.1, -0.05) is 0 Å². The zero-order chi connectivity index (χ0) is 14.5. The lowest BCUT2D eigenvalue weighted by molar-refractivity contribution is 0.0959. The van der Waals surface area contributed by atoms with E-state index in [0.29, 0.717) is 24.3 Å². The largest absolute Gasteiger partial charge is 0.397 e. The summed E-state index contributed by atoms with van der Waals surface area (Å²) in [5.41, 5.74) is 7.71. The molecule has 20 heavy (non-hydrogen) atoms. The second kappa shape index (κ2) is 6.16. The van der Waals surface area contributed by atoms with Crippen molar-refractivity contribution in [1.82, 2.24) is 20.1 Å². The Labute approximate surface area is 116 Å². The Morgan fingerprint density at radius 3 is 3.00 bits per heavy atom. The fourth-order valence-corrected chi connectivity index (χ4v) is 1.78. The number of hydrogen-bond donors (Lipinski definition) is 3. The molecule has 0 unspecified atom stereocenters. The quantitative estimate of drug-likeness (QED) is 0.726. The van der Waals surface area contributed by atoms with Gasteiger partial charge in [-0.25, -0.2) is 4.98 Å². The van der Waals surface area contributed by atoms with Crippen molar-refractivity contribution in [1.29, 1.82) is 0 Å². The molecule has 0 radical (unpaired) electrons. The van der Waals surface area contributed by atoms with E-state index in [9.17, 15) is 4.79 Å². The fourth-order valence-electron chi connectivity index (χ4n) is 1.78. The third-order valence-corrected chi connectivity index (χ3v) is 2.84. The highest BCUT2D eigenvalue weighted by atomic mass is 16.3. The molecule has 0 aliphatic heterocycles. The van der Waals surface area contributed by atoms with Crippen LogP contribution in [0.15, 0.2) is 24.5 Å². The average molecular weight is 275 g/mol. The maximum Gasteiger partial charge on any atom is 0.271 e. The van der Waals surface area contributed by atoms with Gasteiger partial charge in [0.1, 0.15) is 0 Å². The summed E-state index contributed by atoms with van der Waals surface area (Å²) in [5, 5.41) is 15.5. The Morgan fingerprint density at radius 2 is 2.30 bits per heavy atom. The SMILES string of the molecule is CNC(=O)c1nc(-c2cnn(CCCO)c2)ccc1N. The molecule has 0 atom stereocenters. The predicted octanol–water partition coefficient (Wildman–Crippen LogP) is 0.269. The molecule has 0 spiro atoms. The molecule has 0 saturated heterocycles. The van der Waals surface area contributed by atoms with Crippen molar-refractivity contribution in [2.24, 2.45) is 0 Å². The first-order valence-electron chi connectivity index (χ1n) is 6.28. The normalized spacial score (nSPS) is 10.5. The lowest BCUT2D eigenvalue weighted by Crippen LogP contribution is -2.21. The number of aryl methyl sites for hydroxylation is 1. The number of nitrogens with zero attached hydrogens (tertiary/aromatic N) is 3. The predicted molar refractivity (Wildman–Crippen MR) is 75.0 cm³/mol. The number of pyridine rings is 1. The van der Waals surface area contributed by atoms with Gasteiger partial charge < -0.3 is 16.2 Å². The molecular formula is C13H17N5O2. The molecule has 1 amide bonds. The van der Waals surface area contributed by atoms with Crippen molar-refractivity contribution in [3.63, 3.8) is 0 Å². The van der Waals surface area contributed by atoms with Crippen LogP contribution in [0.4, 0.5) is 5.69 Å². The van der Waals surface area contributed by atoms with Crippen molar-refractivity contribution >= 4 is 11.6 Å². The van der Waals surface area contributed by atoms with Gasteiger partial charge in [0.15, 0.2) is 5.69 Å². The van der Waals surface area contributed by atoms with Gasteiger partial charge in [0.2, 0.25) is 0 Å². The number of carbonyl (C=O) groups is 1. The van der Waals surface area contributed by atoms with Crippen molar-refractivity contribution in [3.8, 4) is 11.3 Å². The molecule has 0 aliphatic rings. The second-order valence-electron chi connectivity index (χ2n) is 4.28. The van der Waals surface area contributed by atoms with Crippen LogP contribution in [-0.4, -0.2) is 39.4 Å².